The van der Waals surface area contributed by atoms with Crippen molar-refractivity contribution < 1.29 is 0 Å². The number of pyridine rings is 1. The zero-order chi connectivity index (χ0) is 13.7. The van der Waals surface area contributed by atoms with Crippen LogP contribution in [0.4, 0.5) is 5.82 Å². The summed E-state index contributed by atoms with van der Waals surface area (Å²) < 4.78 is 0. The van der Waals surface area contributed by atoms with Gasteiger partial charge in [-0.25, -0.2) is 4.98 Å². The summed E-state index contributed by atoms with van der Waals surface area (Å²) in [4.78, 5) is 9.32. The van der Waals surface area contributed by atoms with E-state index in [0.29, 0.717) is 0 Å². The molecule has 1 aliphatic rings. The number of hydrogen-bond acceptors (Lipinski definition) is 4. The number of nitrogens with zero attached hydrogens (tertiary/aromatic N) is 3. The van der Waals surface area contributed by atoms with Crippen molar-refractivity contribution >= 4 is 5.82 Å². The molecule has 1 atom stereocenters. The smallest absolute Gasteiger partial charge is 0.131 e. The lowest BCUT2D eigenvalue weighted by molar-refractivity contribution is 0.346. The van der Waals surface area contributed by atoms with Gasteiger partial charge >= 0.3 is 0 Å². The van der Waals surface area contributed by atoms with Crippen molar-refractivity contribution in [3.05, 3.63) is 23.9 Å². The summed E-state index contributed by atoms with van der Waals surface area (Å²) in [7, 11) is 2.13. The number of likely N-dealkylation sites (N-methyl/N-ethyl adjacent to an activating group) is 1. The van der Waals surface area contributed by atoms with Crippen molar-refractivity contribution in [1.29, 1.82) is 0 Å². The molecule has 1 saturated heterocycles. The minimum Gasteiger partial charge on any atom is -0.358 e. The fraction of sp³-hybridized carbons (Fsp3) is 0.667. The molecule has 2 N–H and O–H groups in total. The summed E-state index contributed by atoms with van der Waals surface area (Å²) in [6.07, 6.45) is 5.45. The molecule has 19 heavy (non-hydrogen) atoms. The maximum absolute atomic E-state index is 5.91. The second kappa shape index (κ2) is 6.87. The van der Waals surface area contributed by atoms with Crippen molar-refractivity contribution in [2.45, 2.75) is 32.2 Å². The van der Waals surface area contributed by atoms with Crippen LogP contribution in [0.1, 0.15) is 25.3 Å². The highest BCUT2D eigenvalue weighted by Gasteiger charge is 2.14. The highest BCUT2D eigenvalue weighted by molar-refractivity contribution is 5.46. The molecule has 1 fully saturated rings. The van der Waals surface area contributed by atoms with E-state index in [1.165, 1.54) is 31.5 Å². The highest BCUT2D eigenvalue weighted by atomic mass is 15.2. The lowest BCUT2D eigenvalue weighted by Gasteiger charge is -2.24. The fourth-order valence-corrected chi connectivity index (χ4v) is 2.68. The van der Waals surface area contributed by atoms with Gasteiger partial charge in [-0.05, 0) is 50.9 Å². The predicted molar refractivity (Wildman–Crippen MR) is 80.5 cm³/mol. The minimum atomic E-state index is 0.176. The van der Waals surface area contributed by atoms with Gasteiger partial charge in [-0.15, -0.1) is 0 Å². The third-order valence-corrected chi connectivity index (χ3v) is 3.72. The van der Waals surface area contributed by atoms with Gasteiger partial charge in [-0.2, -0.15) is 0 Å². The molecule has 1 aromatic heterocycles. The molecular formula is C15H26N4. The van der Waals surface area contributed by atoms with E-state index >= 15 is 0 Å². The lowest BCUT2D eigenvalue weighted by atomic mass is 10.1. The zero-order valence-corrected chi connectivity index (χ0v) is 12.2. The number of rotatable bonds is 6. The number of anilines is 1. The van der Waals surface area contributed by atoms with Crippen molar-refractivity contribution in [3.8, 4) is 0 Å². The van der Waals surface area contributed by atoms with E-state index in [4.69, 9.17) is 5.73 Å². The molecule has 4 nitrogen and oxygen atoms in total. The molecule has 1 aromatic rings. The molecule has 0 saturated carbocycles. The van der Waals surface area contributed by atoms with E-state index in [-0.39, 0.29) is 6.04 Å². The molecule has 1 unspecified atom stereocenters. The monoisotopic (exact) mass is 262 g/mol. The molecule has 106 valence electrons. The molecule has 0 radical (unpaired) electrons. The minimum absolute atomic E-state index is 0.176. The van der Waals surface area contributed by atoms with E-state index in [0.717, 1.165) is 25.3 Å². The molecule has 0 amide bonds. The zero-order valence-electron chi connectivity index (χ0n) is 12.2. The van der Waals surface area contributed by atoms with Gasteiger partial charge < -0.3 is 15.5 Å². The van der Waals surface area contributed by atoms with Crippen LogP contribution in [0.2, 0.25) is 0 Å². The van der Waals surface area contributed by atoms with Crippen LogP contribution in [0, 0.1) is 0 Å². The largest absolute Gasteiger partial charge is 0.358 e. The van der Waals surface area contributed by atoms with Crippen molar-refractivity contribution in [2.24, 2.45) is 5.73 Å². The van der Waals surface area contributed by atoms with Gasteiger partial charge in [-0.3, -0.25) is 0 Å². The second-order valence-electron chi connectivity index (χ2n) is 5.64. The lowest BCUT2D eigenvalue weighted by Crippen LogP contribution is -2.32. The normalized spacial score (nSPS) is 17.6. The Kier molecular flexibility index (Phi) is 5.16. The molecule has 2 rings (SSSR count). The Hall–Kier alpha value is -1.13. The molecule has 0 bridgehead atoms. The van der Waals surface area contributed by atoms with Crippen LogP contribution in [0.15, 0.2) is 18.3 Å². The SMILES string of the molecule is CC(N)Cc1cccnc1N(C)CCN1CCCC1. The Labute approximate surface area is 116 Å². The van der Waals surface area contributed by atoms with Crippen molar-refractivity contribution in [2.75, 3.05) is 38.1 Å². The Morgan fingerprint density at radius 2 is 2.16 bits per heavy atom. The van der Waals surface area contributed by atoms with Gasteiger partial charge in [0.05, 0.1) is 0 Å². The van der Waals surface area contributed by atoms with Gasteiger partial charge in [0, 0.05) is 32.4 Å². The Morgan fingerprint density at radius 1 is 1.42 bits per heavy atom. The van der Waals surface area contributed by atoms with Crippen LogP contribution in [0.5, 0.6) is 0 Å². The average molecular weight is 262 g/mol. The third kappa shape index (κ3) is 4.18. The first-order chi connectivity index (χ1) is 9.16. The first-order valence-corrected chi connectivity index (χ1v) is 7.30. The summed E-state index contributed by atoms with van der Waals surface area (Å²) >= 11 is 0. The van der Waals surface area contributed by atoms with Gasteiger partial charge in [0.15, 0.2) is 0 Å². The number of hydrogen-bond donors (Lipinski definition) is 1. The molecule has 2 heterocycles. The molecular weight excluding hydrogens is 236 g/mol. The second-order valence-corrected chi connectivity index (χ2v) is 5.64. The summed E-state index contributed by atoms with van der Waals surface area (Å²) in [6, 6.07) is 4.31. The number of aromatic nitrogens is 1. The van der Waals surface area contributed by atoms with E-state index in [1.54, 1.807) is 0 Å². The van der Waals surface area contributed by atoms with Crippen molar-refractivity contribution in [3.63, 3.8) is 0 Å². The first kappa shape index (κ1) is 14.3. The average Bonchev–Trinajstić information content (AvgIpc) is 2.89. The topological polar surface area (TPSA) is 45.4 Å². The van der Waals surface area contributed by atoms with Crippen LogP contribution in [-0.4, -0.2) is 49.2 Å². The maximum atomic E-state index is 5.91. The predicted octanol–water partition coefficient (Wildman–Crippen LogP) is 1.50. The van der Waals surface area contributed by atoms with Gasteiger partial charge in [0.25, 0.3) is 0 Å². The molecule has 0 spiro atoms. The summed E-state index contributed by atoms with van der Waals surface area (Å²) in [6.45, 7) is 6.71. The summed E-state index contributed by atoms with van der Waals surface area (Å²) in [5.74, 6) is 1.08. The van der Waals surface area contributed by atoms with Crippen LogP contribution >= 0.6 is 0 Å². The van der Waals surface area contributed by atoms with E-state index in [9.17, 15) is 0 Å². The number of likely N-dealkylation sites (tertiary alicyclic amines) is 1. The van der Waals surface area contributed by atoms with E-state index in [1.807, 2.05) is 19.2 Å². The standard InChI is InChI=1S/C15H26N4/c1-13(16)12-14-6-5-7-17-15(14)18(2)10-11-19-8-3-4-9-19/h5-7,13H,3-4,8-12,16H2,1-2H3. The van der Waals surface area contributed by atoms with Crippen LogP contribution in [-0.2, 0) is 6.42 Å². The fourth-order valence-electron chi connectivity index (χ4n) is 2.68. The Bertz CT molecular complexity index is 385. The summed E-state index contributed by atoms with van der Waals surface area (Å²) in [5.41, 5.74) is 7.16. The molecule has 0 aliphatic carbocycles. The van der Waals surface area contributed by atoms with E-state index in [2.05, 4.69) is 27.9 Å². The maximum Gasteiger partial charge on any atom is 0.131 e. The molecule has 0 aromatic carbocycles. The van der Waals surface area contributed by atoms with Gasteiger partial charge in [0.1, 0.15) is 5.82 Å². The number of nitrogens with two attached hydrogens (primary N) is 1. The highest BCUT2D eigenvalue weighted by Crippen LogP contribution is 2.17. The Morgan fingerprint density at radius 3 is 2.84 bits per heavy atom. The first-order valence-electron chi connectivity index (χ1n) is 7.30. The Balaban J connectivity index is 1.95. The van der Waals surface area contributed by atoms with Crippen LogP contribution < -0.4 is 10.6 Å². The van der Waals surface area contributed by atoms with Gasteiger partial charge in [0.2, 0.25) is 0 Å². The van der Waals surface area contributed by atoms with Crippen LogP contribution in [0.25, 0.3) is 0 Å². The summed E-state index contributed by atoms with van der Waals surface area (Å²) in [5, 5.41) is 0. The third-order valence-electron chi connectivity index (χ3n) is 3.72. The molecule has 1 aliphatic heterocycles. The van der Waals surface area contributed by atoms with Gasteiger partial charge in [-0.1, -0.05) is 6.07 Å². The quantitative estimate of drug-likeness (QED) is 0.844. The van der Waals surface area contributed by atoms with E-state index < -0.39 is 0 Å². The molecule has 4 heteroatoms. The van der Waals surface area contributed by atoms with Crippen LogP contribution in [0.3, 0.4) is 0 Å². The van der Waals surface area contributed by atoms with Crippen molar-refractivity contribution in [1.82, 2.24) is 9.88 Å².